The van der Waals surface area contributed by atoms with E-state index < -0.39 is 11.2 Å². The number of carbonyl (C=O) groups is 1. The van der Waals surface area contributed by atoms with E-state index in [2.05, 4.69) is 4.98 Å². The standard InChI is InChI=1S/C8H9NO2S/c1-6(8(10)11)12-7-4-2-3-5-9-7/h2-6H,1H3,(H,10,11)/t6-/m0/s1. The van der Waals surface area contributed by atoms with E-state index in [-0.39, 0.29) is 0 Å². The van der Waals surface area contributed by atoms with Crippen molar-refractivity contribution in [1.82, 2.24) is 4.98 Å². The van der Waals surface area contributed by atoms with Gasteiger partial charge in [0.15, 0.2) is 0 Å². The predicted octanol–water partition coefficient (Wildman–Crippen LogP) is 1.65. The van der Waals surface area contributed by atoms with Crippen LogP contribution in [0.1, 0.15) is 6.92 Å². The smallest absolute Gasteiger partial charge is 0.316 e. The van der Waals surface area contributed by atoms with Crippen LogP contribution in [0.3, 0.4) is 0 Å². The molecule has 1 atom stereocenters. The molecule has 0 saturated heterocycles. The first-order chi connectivity index (χ1) is 5.70. The molecule has 0 aliphatic rings. The van der Waals surface area contributed by atoms with Gasteiger partial charge in [0, 0.05) is 6.20 Å². The van der Waals surface area contributed by atoms with Crippen LogP contribution in [0.5, 0.6) is 0 Å². The lowest BCUT2D eigenvalue weighted by Crippen LogP contribution is -2.11. The lowest BCUT2D eigenvalue weighted by molar-refractivity contribution is -0.136. The molecule has 3 nitrogen and oxygen atoms in total. The van der Waals surface area contributed by atoms with Crippen LogP contribution in [-0.4, -0.2) is 21.3 Å². The molecule has 0 bridgehead atoms. The molecule has 4 heteroatoms. The largest absolute Gasteiger partial charge is 0.480 e. The van der Waals surface area contributed by atoms with Gasteiger partial charge in [-0.2, -0.15) is 0 Å². The average Bonchev–Trinajstić information content (AvgIpc) is 2.06. The number of carboxylic acid groups (broad SMARTS) is 1. The second-order valence-electron chi connectivity index (χ2n) is 2.27. The molecule has 0 saturated carbocycles. The summed E-state index contributed by atoms with van der Waals surface area (Å²) in [6, 6.07) is 5.43. The summed E-state index contributed by atoms with van der Waals surface area (Å²) in [6.45, 7) is 1.64. The molecule has 1 rings (SSSR count). The highest BCUT2D eigenvalue weighted by atomic mass is 32.2. The number of hydrogen-bond donors (Lipinski definition) is 1. The summed E-state index contributed by atoms with van der Waals surface area (Å²) in [6.07, 6.45) is 1.65. The van der Waals surface area contributed by atoms with Gasteiger partial charge in [-0.1, -0.05) is 17.8 Å². The third kappa shape index (κ3) is 2.54. The molecule has 0 spiro atoms. The third-order valence-corrected chi connectivity index (χ3v) is 2.32. The van der Waals surface area contributed by atoms with E-state index in [4.69, 9.17) is 5.11 Å². The highest BCUT2D eigenvalue weighted by molar-refractivity contribution is 8.00. The normalized spacial score (nSPS) is 12.4. The zero-order valence-electron chi connectivity index (χ0n) is 6.60. The van der Waals surface area contributed by atoms with Crippen molar-refractivity contribution < 1.29 is 9.90 Å². The SMILES string of the molecule is C[C@H](Sc1ccccn1)C(=O)O. The van der Waals surface area contributed by atoms with Crippen LogP contribution in [0, 0.1) is 0 Å². The fourth-order valence-corrected chi connectivity index (χ4v) is 1.39. The molecule has 0 aliphatic heterocycles. The van der Waals surface area contributed by atoms with Crippen LogP contribution in [0.4, 0.5) is 0 Å². The van der Waals surface area contributed by atoms with Crippen LogP contribution in [0.2, 0.25) is 0 Å². The van der Waals surface area contributed by atoms with Crippen molar-refractivity contribution in [2.75, 3.05) is 0 Å². The maximum atomic E-state index is 10.5. The first-order valence-corrected chi connectivity index (χ1v) is 4.38. The van der Waals surface area contributed by atoms with Gasteiger partial charge in [0.25, 0.3) is 0 Å². The van der Waals surface area contributed by atoms with Crippen LogP contribution < -0.4 is 0 Å². The van der Waals surface area contributed by atoms with E-state index in [1.54, 1.807) is 25.3 Å². The summed E-state index contributed by atoms with van der Waals surface area (Å²) in [5.74, 6) is -0.814. The van der Waals surface area contributed by atoms with Crippen molar-refractivity contribution in [3.63, 3.8) is 0 Å². The van der Waals surface area contributed by atoms with Gasteiger partial charge in [0.05, 0.1) is 5.03 Å². The molecule has 1 aromatic heterocycles. The Morgan fingerprint density at radius 3 is 2.92 bits per heavy atom. The number of nitrogens with zero attached hydrogens (tertiary/aromatic N) is 1. The zero-order valence-corrected chi connectivity index (χ0v) is 7.41. The molecule has 1 aromatic rings. The predicted molar refractivity (Wildman–Crippen MR) is 47.2 cm³/mol. The molecule has 1 N–H and O–H groups in total. The molecule has 0 unspecified atom stereocenters. The number of rotatable bonds is 3. The van der Waals surface area contributed by atoms with E-state index in [9.17, 15) is 4.79 Å². The van der Waals surface area contributed by atoms with Gasteiger partial charge in [-0.25, -0.2) is 4.98 Å². The summed E-state index contributed by atoms with van der Waals surface area (Å²) < 4.78 is 0. The van der Waals surface area contributed by atoms with E-state index in [0.717, 1.165) is 5.03 Å². The lowest BCUT2D eigenvalue weighted by Gasteiger charge is -2.03. The molecule has 0 aromatic carbocycles. The second-order valence-corrected chi connectivity index (χ2v) is 3.63. The Kier molecular flexibility index (Phi) is 3.10. The van der Waals surface area contributed by atoms with Crippen LogP contribution in [0.15, 0.2) is 29.4 Å². The Morgan fingerprint density at radius 2 is 2.42 bits per heavy atom. The molecule has 0 fully saturated rings. The van der Waals surface area contributed by atoms with Gasteiger partial charge in [-0.3, -0.25) is 4.79 Å². The van der Waals surface area contributed by atoms with Crippen molar-refractivity contribution in [3.8, 4) is 0 Å². The number of aliphatic carboxylic acids is 1. The van der Waals surface area contributed by atoms with Gasteiger partial charge in [-0.05, 0) is 19.1 Å². The highest BCUT2D eigenvalue weighted by Gasteiger charge is 2.12. The van der Waals surface area contributed by atoms with Crippen molar-refractivity contribution >= 4 is 17.7 Å². The number of thioether (sulfide) groups is 1. The lowest BCUT2D eigenvalue weighted by atomic mass is 10.5. The van der Waals surface area contributed by atoms with Crippen LogP contribution >= 0.6 is 11.8 Å². The highest BCUT2D eigenvalue weighted by Crippen LogP contribution is 2.19. The maximum Gasteiger partial charge on any atom is 0.316 e. The van der Waals surface area contributed by atoms with Crippen molar-refractivity contribution in [2.24, 2.45) is 0 Å². The molecule has 0 amide bonds. The van der Waals surface area contributed by atoms with E-state index >= 15 is 0 Å². The molecule has 64 valence electrons. The van der Waals surface area contributed by atoms with Crippen LogP contribution in [-0.2, 0) is 4.79 Å². The number of aromatic nitrogens is 1. The quantitative estimate of drug-likeness (QED) is 0.724. The molecule has 12 heavy (non-hydrogen) atoms. The zero-order chi connectivity index (χ0) is 8.97. The molecule has 0 aliphatic carbocycles. The average molecular weight is 183 g/mol. The Hall–Kier alpha value is -1.03. The first kappa shape index (κ1) is 9.06. The number of hydrogen-bond acceptors (Lipinski definition) is 3. The monoisotopic (exact) mass is 183 g/mol. The van der Waals surface area contributed by atoms with Gasteiger partial charge in [0.1, 0.15) is 5.25 Å². The summed E-state index contributed by atoms with van der Waals surface area (Å²) >= 11 is 1.24. The summed E-state index contributed by atoms with van der Waals surface area (Å²) in [7, 11) is 0. The van der Waals surface area contributed by atoms with Crippen molar-refractivity contribution in [1.29, 1.82) is 0 Å². The third-order valence-electron chi connectivity index (χ3n) is 1.28. The number of carboxylic acids is 1. The Morgan fingerprint density at radius 1 is 1.67 bits per heavy atom. The first-order valence-electron chi connectivity index (χ1n) is 3.50. The second kappa shape index (κ2) is 4.11. The Balaban J connectivity index is 2.58. The topological polar surface area (TPSA) is 50.2 Å². The van der Waals surface area contributed by atoms with Gasteiger partial charge in [-0.15, -0.1) is 0 Å². The maximum absolute atomic E-state index is 10.5. The van der Waals surface area contributed by atoms with Gasteiger partial charge in [0.2, 0.25) is 0 Å². The fraction of sp³-hybridized carbons (Fsp3) is 0.250. The van der Waals surface area contributed by atoms with E-state index in [1.165, 1.54) is 11.8 Å². The fourth-order valence-electron chi connectivity index (χ4n) is 0.648. The summed E-state index contributed by atoms with van der Waals surface area (Å²) in [5.41, 5.74) is 0. The van der Waals surface area contributed by atoms with E-state index in [0.29, 0.717) is 0 Å². The van der Waals surface area contributed by atoms with Crippen molar-refractivity contribution in [2.45, 2.75) is 17.2 Å². The molecule has 0 radical (unpaired) electrons. The number of pyridine rings is 1. The minimum Gasteiger partial charge on any atom is -0.480 e. The Labute approximate surface area is 74.8 Å². The minimum absolute atomic E-state index is 0.445. The minimum atomic E-state index is -0.814. The van der Waals surface area contributed by atoms with Crippen molar-refractivity contribution in [3.05, 3.63) is 24.4 Å². The molecular weight excluding hydrogens is 174 g/mol. The summed E-state index contributed by atoms with van der Waals surface area (Å²) in [4.78, 5) is 14.5. The molecular formula is C8H9NO2S. The molecule has 1 heterocycles. The summed E-state index contributed by atoms with van der Waals surface area (Å²) in [5, 5.41) is 8.89. The van der Waals surface area contributed by atoms with Gasteiger partial charge >= 0.3 is 5.97 Å². The van der Waals surface area contributed by atoms with Gasteiger partial charge < -0.3 is 5.11 Å². The van der Waals surface area contributed by atoms with Crippen LogP contribution in [0.25, 0.3) is 0 Å². The Bertz CT molecular complexity index is 263. The van der Waals surface area contributed by atoms with E-state index in [1.807, 2.05) is 6.07 Å².